The zero-order valence-electron chi connectivity index (χ0n) is 5.89. The molecule has 0 aliphatic heterocycles. The van der Waals surface area contributed by atoms with Gasteiger partial charge in [-0.1, -0.05) is 5.16 Å². The monoisotopic (exact) mass is 164 g/mol. The molecule has 12 heavy (non-hydrogen) atoms. The molecule has 60 valence electrons. The van der Waals surface area contributed by atoms with Crippen LogP contribution in [0.3, 0.4) is 0 Å². The van der Waals surface area contributed by atoms with Crippen molar-refractivity contribution in [2.45, 2.75) is 0 Å². The minimum atomic E-state index is -0.731. The summed E-state index contributed by atoms with van der Waals surface area (Å²) >= 11 is 0. The zero-order valence-corrected chi connectivity index (χ0v) is 5.89. The van der Waals surface area contributed by atoms with Crippen LogP contribution in [0.15, 0.2) is 28.0 Å². The average molecular weight is 164 g/mol. The van der Waals surface area contributed by atoms with Crippen molar-refractivity contribution in [2.24, 2.45) is 5.16 Å². The molecule has 1 aromatic heterocycles. The topological polar surface area (TPSA) is 86.6 Å². The van der Waals surface area contributed by atoms with Crippen molar-refractivity contribution in [3.05, 3.63) is 24.2 Å². The lowest BCUT2D eigenvalue weighted by Crippen LogP contribution is -2.10. The molecular weight excluding hydrogens is 160 g/mol. The summed E-state index contributed by atoms with van der Waals surface area (Å²) in [4.78, 5) is 11.1. The van der Waals surface area contributed by atoms with E-state index in [1.165, 1.54) is 24.5 Å². The van der Waals surface area contributed by atoms with Crippen LogP contribution in [0.2, 0.25) is 0 Å². The number of nitriles is 1. The van der Waals surface area contributed by atoms with Crippen molar-refractivity contribution >= 4 is 11.5 Å². The first-order valence-electron chi connectivity index (χ1n) is 3.00. The Hall–Kier alpha value is -2.09. The minimum Gasteiger partial charge on any atom is -0.461 e. The fraction of sp³-hybridized carbons (Fsp3) is 0. The number of hydrogen-bond donors (Lipinski definition) is 1. The van der Waals surface area contributed by atoms with Crippen LogP contribution in [0.4, 0.5) is 0 Å². The van der Waals surface area contributed by atoms with Gasteiger partial charge < -0.3 is 9.62 Å². The van der Waals surface area contributed by atoms with Crippen LogP contribution in [0, 0.1) is 11.3 Å². The first kappa shape index (κ1) is 8.01. The Morgan fingerprint density at radius 2 is 2.50 bits per heavy atom. The van der Waals surface area contributed by atoms with Crippen molar-refractivity contribution < 1.29 is 14.4 Å². The van der Waals surface area contributed by atoms with Crippen LogP contribution >= 0.6 is 0 Å². The molecule has 0 spiro atoms. The Bertz CT molecular complexity index is 345. The fourth-order valence-electron chi connectivity index (χ4n) is 0.643. The van der Waals surface area contributed by atoms with E-state index < -0.39 is 11.5 Å². The lowest BCUT2D eigenvalue weighted by Gasteiger charge is -1.88. The number of furan rings is 1. The summed E-state index contributed by atoms with van der Waals surface area (Å²) in [5.41, 5.74) is -0.593. The second kappa shape index (κ2) is 3.34. The molecule has 1 heterocycles. The molecule has 0 bridgehead atoms. The Labute approximate surface area is 67.5 Å². The van der Waals surface area contributed by atoms with E-state index in [1.54, 1.807) is 0 Å². The van der Waals surface area contributed by atoms with Gasteiger partial charge in [-0.25, -0.2) is 0 Å². The normalized spacial score (nSPS) is 10.8. The summed E-state index contributed by atoms with van der Waals surface area (Å²) in [5, 5.41) is 19.0. The number of rotatable bonds is 2. The smallest absolute Gasteiger partial charge is 0.260 e. The van der Waals surface area contributed by atoms with Gasteiger partial charge in [-0.2, -0.15) is 5.26 Å². The van der Waals surface area contributed by atoms with Gasteiger partial charge in [0.2, 0.25) is 5.71 Å². The van der Waals surface area contributed by atoms with E-state index in [2.05, 4.69) is 9.57 Å². The first-order chi connectivity index (χ1) is 5.79. The van der Waals surface area contributed by atoms with Crippen molar-refractivity contribution in [3.63, 3.8) is 0 Å². The summed E-state index contributed by atoms with van der Waals surface area (Å²) in [6.45, 7) is 0. The molecule has 5 nitrogen and oxygen atoms in total. The summed E-state index contributed by atoms with van der Waals surface area (Å²) in [5.74, 6) is -0.755. The van der Waals surface area contributed by atoms with Gasteiger partial charge in [-0.05, 0) is 12.1 Å². The van der Waals surface area contributed by atoms with Crippen LogP contribution in [0.5, 0.6) is 0 Å². The number of oxime groups is 1. The largest absolute Gasteiger partial charge is 0.461 e. The van der Waals surface area contributed by atoms with Crippen LogP contribution in [-0.4, -0.2) is 16.7 Å². The number of Topliss-reactive ketones (excluding diaryl/α,β-unsaturated/α-hetero) is 1. The molecule has 0 fully saturated rings. The van der Waals surface area contributed by atoms with E-state index in [4.69, 9.17) is 10.5 Å². The van der Waals surface area contributed by atoms with Gasteiger partial charge in [0, 0.05) is 0 Å². The molecule has 0 aliphatic carbocycles. The van der Waals surface area contributed by atoms with E-state index in [0.717, 1.165) is 0 Å². The molecule has 5 heteroatoms. The van der Waals surface area contributed by atoms with Crippen molar-refractivity contribution in [1.29, 1.82) is 5.26 Å². The SMILES string of the molecule is N#C/C(=N/O)C(=O)c1ccco1. The van der Waals surface area contributed by atoms with Crippen molar-refractivity contribution in [2.75, 3.05) is 0 Å². The molecule has 1 aromatic rings. The number of ketones is 1. The molecule has 0 unspecified atom stereocenters. The van der Waals surface area contributed by atoms with Gasteiger partial charge in [0.1, 0.15) is 6.07 Å². The van der Waals surface area contributed by atoms with E-state index in [-0.39, 0.29) is 5.76 Å². The molecular formula is C7H4N2O3. The maximum absolute atomic E-state index is 11.1. The maximum atomic E-state index is 11.1. The molecule has 0 amide bonds. The second-order valence-electron chi connectivity index (χ2n) is 1.87. The standard InChI is InChI=1S/C7H4N2O3/c8-4-5(9-11)7(10)6-2-1-3-12-6/h1-3,11H/b9-5-. The van der Waals surface area contributed by atoms with E-state index >= 15 is 0 Å². The van der Waals surface area contributed by atoms with Crippen LogP contribution < -0.4 is 0 Å². The first-order valence-corrected chi connectivity index (χ1v) is 3.00. The maximum Gasteiger partial charge on any atom is 0.260 e. The third kappa shape index (κ3) is 1.32. The van der Waals surface area contributed by atoms with Gasteiger partial charge in [-0.15, -0.1) is 0 Å². The highest BCUT2D eigenvalue weighted by molar-refractivity contribution is 6.50. The highest BCUT2D eigenvalue weighted by atomic mass is 16.4. The van der Waals surface area contributed by atoms with Gasteiger partial charge in [0.25, 0.3) is 5.78 Å². The van der Waals surface area contributed by atoms with Crippen LogP contribution in [-0.2, 0) is 0 Å². The van der Waals surface area contributed by atoms with Crippen molar-refractivity contribution in [1.82, 2.24) is 0 Å². The molecule has 1 N–H and O–H groups in total. The predicted molar refractivity (Wildman–Crippen MR) is 37.9 cm³/mol. The fourth-order valence-corrected chi connectivity index (χ4v) is 0.643. The van der Waals surface area contributed by atoms with E-state index in [0.29, 0.717) is 0 Å². The summed E-state index contributed by atoms with van der Waals surface area (Å²) in [6.07, 6.45) is 1.29. The van der Waals surface area contributed by atoms with E-state index in [1.807, 2.05) is 0 Å². The Morgan fingerprint density at radius 1 is 1.75 bits per heavy atom. The molecule has 0 saturated carbocycles. The highest BCUT2D eigenvalue weighted by Gasteiger charge is 2.16. The second-order valence-corrected chi connectivity index (χ2v) is 1.87. The molecule has 0 aliphatic rings. The van der Waals surface area contributed by atoms with Crippen LogP contribution in [0.1, 0.15) is 10.6 Å². The van der Waals surface area contributed by atoms with E-state index in [9.17, 15) is 4.79 Å². The lowest BCUT2D eigenvalue weighted by atomic mass is 10.2. The quantitative estimate of drug-likeness (QED) is 0.303. The zero-order chi connectivity index (χ0) is 8.97. The molecule has 0 saturated heterocycles. The summed E-state index contributed by atoms with van der Waals surface area (Å²) < 4.78 is 4.69. The Morgan fingerprint density at radius 3 is 2.92 bits per heavy atom. The molecule has 0 aromatic carbocycles. The summed E-state index contributed by atoms with van der Waals surface area (Å²) in [7, 11) is 0. The van der Waals surface area contributed by atoms with Crippen LogP contribution in [0.25, 0.3) is 0 Å². The number of nitrogens with zero attached hydrogens (tertiary/aromatic N) is 2. The summed E-state index contributed by atoms with van der Waals surface area (Å²) in [6, 6.07) is 4.31. The van der Waals surface area contributed by atoms with Crippen molar-refractivity contribution in [3.8, 4) is 6.07 Å². The predicted octanol–water partition coefficient (Wildman–Crippen LogP) is 0.816. The average Bonchev–Trinajstić information content (AvgIpc) is 2.58. The molecule has 0 radical (unpaired) electrons. The molecule has 0 atom stereocenters. The Kier molecular flexibility index (Phi) is 2.23. The minimum absolute atomic E-state index is 0.0237. The van der Waals surface area contributed by atoms with Gasteiger partial charge in [-0.3, -0.25) is 4.79 Å². The third-order valence-corrected chi connectivity index (χ3v) is 1.17. The number of hydrogen-bond acceptors (Lipinski definition) is 5. The highest BCUT2D eigenvalue weighted by Crippen LogP contribution is 2.01. The lowest BCUT2D eigenvalue weighted by molar-refractivity contribution is 0.103. The van der Waals surface area contributed by atoms with Gasteiger partial charge >= 0.3 is 0 Å². The third-order valence-electron chi connectivity index (χ3n) is 1.17. The number of carbonyl (C=O) groups excluding carboxylic acids is 1. The van der Waals surface area contributed by atoms with Gasteiger partial charge in [0.15, 0.2) is 5.76 Å². The molecule has 1 rings (SSSR count). The number of carbonyl (C=O) groups is 1. The van der Waals surface area contributed by atoms with Gasteiger partial charge in [0.05, 0.1) is 6.26 Å². The Balaban J connectivity index is 2.95.